The molecule has 0 radical (unpaired) electrons. The van der Waals surface area contributed by atoms with Crippen LogP contribution in [0.25, 0.3) is 4.96 Å². The molecular weight excluding hydrogens is 274 g/mol. The number of thiazole rings is 1. The first kappa shape index (κ1) is 13.3. The van der Waals surface area contributed by atoms with Gasteiger partial charge in [-0.3, -0.25) is 4.40 Å². The highest BCUT2D eigenvalue weighted by molar-refractivity contribution is 7.15. The van der Waals surface area contributed by atoms with Gasteiger partial charge in [0.1, 0.15) is 5.82 Å². The first-order valence-corrected chi connectivity index (χ1v) is 7.35. The number of ether oxygens (including phenoxy) is 1. The predicted molar refractivity (Wildman–Crippen MR) is 78.0 cm³/mol. The minimum absolute atomic E-state index is 0.706. The number of methoxy groups -OCH3 is 1. The van der Waals surface area contributed by atoms with Crippen LogP contribution in [0.5, 0.6) is 0 Å². The first-order chi connectivity index (χ1) is 9.86. The Morgan fingerprint density at radius 3 is 3.20 bits per heavy atom. The van der Waals surface area contributed by atoms with Gasteiger partial charge in [0.25, 0.3) is 0 Å². The van der Waals surface area contributed by atoms with E-state index in [1.165, 1.54) is 0 Å². The van der Waals surface area contributed by atoms with E-state index in [-0.39, 0.29) is 0 Å². The molecule has 3 heterocycles. The maximum Gasteiger partial charge on any atom is 0.193 e. The zero-order chi connectivity index (χ0) is 13.8. The van der Waals surface area contributed by atoms with Gasteiger partial charge in [0.05, 0.1) is 25.4 Å². The fourth-order valence-corrected chi connectivity index (χ4v) is 2.77. The SMILES string of the molecule is COCCNCc1nccn1Cc1cn2ccsc2n1. The molecule has 0 aromatic carbocycles. The third-order valence-corrected chi connectivity index (χ3v) is 3.81. The van der Waals surface area contributed by atoms with Crippen molar-refractivity contribution in [3.8, 4) is 0 Å². The quantitative estimate of drug-likeness (QED) is 0.668. The second kappa shape index (κ2) is 6.17. The molecule has 0 fully saturated rings. The molecule has 3 aromatic rings. The Morgan fingerprint density at radius 2 is 2.35 bits per heavy atom. The Hall–Kier alpha value is -1.70. The van der Waals surface area contributed by atoms with Crippen LogP contribution in [0.4, 0.5) is 0 Å². The highest BCUT2D eigenvalue weighted by Gasteiger charge is 2.07. The van der Waals surface area contributed by atoms with Crippen LogP contribution < -0.4 is 5.32 Å². The molecular formula is C13H17N5OS. The third-order valence-electron chi connectivity index (χ3n) is 3.04. The summed E-state index contributed by atoms with van der Waals surface area (Å²) in [5.74, 6) is 1.01. The minimum Gasteiger partial charge on any atom is -0.383 e. The maximum absolute atomic E-state index is 5.01. The molecule has 0 unspecified atom stereocenters. The number of aromatic nitrogens is 4. The molecule has 3 rings (SSSR count). The molecule has 20 heavy (non-hydrogen) atoms. The van der Waals surface area contributed by atoms with Gasteiger partial charge < -0.3 is 14.6 Å². The van der Waals surface area contributed by atoms with Crippen LogP contribution >= 0.6 is 11.3 Å². The highest BCUT2D eigenvalue weighted by Crippen LogP contribution is 2.12. The van der Waals surface area contributed by atoms with Crippen LogP contribution in [-0.2, 0) is 17.8 Å². The average Bonchev–Trinajstić information content (AvgIpc) is 3.11. The number of nitrogens with one attached hydrogen (secondary N) is 1. The van der Waals surface area contributed by atoms with Gasteiger partial charge in [-0.2, -0.15) is 0 Å². The first-order valence-electron chi connectivity index (χ1n) is 6.47. The Kier molecular flexibility index (Phi) is 4.10. The van der Waals surface area contributed by atoms with E-state index in [0.29, 0.717) is 6.61 Å². The van der Waals surface area contributed by atoms with Crippen molar-refractivity contribution >= 4 is 16.3 Å². The molecule has 1 N–H and O–H groups in total. The van der Waals surface area contributed by atoms with Crippen molar-refractivity contribution in [2.45, 2.75) is 13.1 Å². The third kappa shape index (κ3) is 2.90. The van der Waals surface area contributed by atoms with E-state index in [4.69, 9.17) is 4.74 Å². The Balaban J connectivity index is 1.65. The van der Waals surface area contributed by atoms with Crippen molar-refractivity contribution in [1.82, 2.24) is 24.3 Å². The molecule has 0 saturated heterocycles. The number of rotatable bonds is 7. The van der Waals surface area contributed by atoms with Gasteiger partial charge in [0.2, 0.25) is 0 Å². The fraction of sp³-hybridized carbons (Fsp3) is 0.385. The lowest BCUT2D eigenvalue weighted by atomic mass is 10.4. The highest BCUT2D eigenvalue weighted by atomic mass is 32.1. The van der Waals surface area contributed by atoms with Gasteiger partial charge in [0, 0.05) is 43.8 Å². The molecule has 6 nitrogen and oxygen atoms in total. The predicted octanol–water partition coefficient (Wildman–Crippen LogP) is 1.38. The fourth-order valence-electron chi connectivity index (χ4n) is 2.05. The molecule has 0 aliphatic rings. The topological polar surface area (TPSA) is 56.4 Å². The van der Waals surface area contributed by atoms with Crippen LogP contribution in [0.1, 0.15) is 11.5 Å². The monoisotopic (exact) mass is 291 g/mol. The van der Waals surface area contributed by atoms with Crippen molar-refractivity contribution < 1.29 is 4.74 Å². The molecule has 0 bridgehead atoms. The average molecular weight is 291 g/mol. The van der Waals surface area contributed by atoms with Crippen molar-refractivity contribution in [2.75, 3.05) is 20.3 Å². The number of nitrogens with zero attached hydrogens (tertiary/aromatic N) is 4. The van der Waals surface area contributed by atoms with Crippen molar-refractivity contribution in [2.24, 2.45) is 0 Å². The molecule has 0 atom stereocenters. The molecule has 0 spiro atoms. The maximum atomic E-state index is 5.01. The van der Waals surface area contributed by atoms with E-state index in [0.717, 1.165) is 36.1 Å². The van der Waals surface area contributed by atoms with E-state index >= 15 is 0 Å². The Bertz CT molecular complexity index is 642. The second-order valence-electron chi connectivity index (χ2n) is 4.47. The van der Waals surface area contributed by atoms with Crippen molar-refractivity contribution in [3.05, 3.63) is 41.7 Å². The van der Waals surface area contributed by atoms with E-state index in [1.807, 2.05) is 28.4 Å². The molecule has 0 aliphatic heterocycles. The lowest BCUT2D eigenvalue weighted by molar-refractivity contribution is 0.199. The molecule has 0 saturated carbocycles. The normalized spacial score (nSPS) is 11.4. The van der Waals surface area contributed by atoms with E-state index < -0.39 is 0 Å². The summed E-state index contributed by atoms with van der Waals surface area (Å²) in [7, 11) is 1.70. The second-order valence-corrected chi connectivity index (χ2v) is 5.34. The summed E-state index contributed by atoms with van der Waals surface area (Å²) in [5.41, 5.74) is 1.05. The van der Waals surface area contributed by atoms with Crippen molar-refractivity contribution in [3.63, 3.8) is 0 Å². The van der Waals surface area contributed by atoms with Crippen LogP contribution in [0.3, 0.4) is 0 Å². The van der Waals surface area contributed by atoms with Gasteiger partial charge >= 0.3 is 0 Å². The zero-order valence-corrected chi connectivity index (χ0v) is 12.1. The smallest absolute Gasteiger partial charge is 0.193 e. The summed E-state index contributed by atoms with van der Waals surface area (Å²) >= 11 is 1.65. The van der Waals surface area contributed by atoms with Gasteiger partial charge in [0.15, 0.2) is 4.96 Å². The zero-order valence-electron chi connectivity index (χ0n) is 11.3. The Labute approximate surface area is 121 Å². The number of fused-ring (bicyclic) bond motifs is 1. The van der Waals surface area contributed by atoms with E-state index in [9.17, 15) is 0 Å². The van der Waals surface area contributed by atoms with Gasteiger partial charge in [-0.15, -0.1) is 11.3 Å². The van der Waals surface area contributed by atoms with Crippen molar-refractivity contribution in [1.29, 1.82) is 0 Å². The summed E-state index contributed by atoms with van der Waals surface area (Å²) in [4.78, 5) is 10.00. The van der Waals surface area contributed by atoms with E-state index in [2.05, 4.69) is 26.0 Å². The summed E-state index contributed by atoms with van der Waals surface area (Å²) in [5, 5.41) is 5.34. The van der Waals surface area contributed by atoms with Crippen LogP contribution in [0.15, 0.2) is 30.2 Å². The molecule has 0 amide bonds. The van der Waals surface area contributed by atoms with Gasteiger partial charge in [-0.1, -0.05) is 0 Å². The van der Waals surface area contributed by atoms with Crippen LogP contribution in [0.2, 0.25) is 0 Å². The number of imidazole rings is 2. The lowest BCUT2D eigenvalue weighted by Crippen LogP contribution is -2.21. The van der Waals surface area contributed by atoms with Crippen LogP contribution in [-0.4, -0.2) is 39.2 Å². The number of hydrogen-bond donors (Lipinski definition) is 1. The van der Waals surface area contributed by atoms with Gasteiger partial charge in [-0.05, 0) is 0 Å². The summed E-state index contributed by atoms with van der Waals surface area (Å²) < 4.78 is 9.18. The largest absolute Gasteiger partial charge is 0.383 e. The molecule has 0 aliphatic carbocycles. The molecule has 3 aromatic heterocycles. The Morgan fingerprint density at radius 1 is 1.40 bits per heavy atom. The summed E-state index contributed by atoms with van der Waals surface area (Å²) in [6.45, 7) is 3.01. The molecule has 7 heteroatoms. The lowest BCUT2D eigenvalue weighted by Gasteiger charge is -2.07. The van der Waals surface area contributed by atoms with Crippen LogP contribution in [0, 0.1) is 0 Å². The summed E-state index contributed by atoms with van der Waals surface area (Å²) in [6.07, 6.45) is 7.90. The van der Waals surface area contributed by atoms with Gasteiger partial charge in [-0.25, -0.2) is 9.97 Å². The molecule has 106 valence electrons. The minimum atomic E-state index is 0.706. The van der Waals surface area contributed by atoms with E-state index in [1.54, 1.807) is 18.4 Å². The number of hydrogen-bond acceptors (Lipinski definition) is 5. The standard InChI is InChI=1S/C13H17N5OS/c1-19-6-3-14-8-12-15-2-4-17(12)9-11-10-18-5-7-20-13(18)16-11/h2,4-5,7,10,14H,3,6,8-9H2,1H3. The summed E-state index contributed by atoms with van der Waals surface area (Å²) in [6, 6.07) is 0.